The van der Waals surface area contributed by atoms with E-state index in [4.69, 9.17) is 14.2 Å². The number of rotatable bonds is 6. The number of hydrogen-bond donors (Lipinski definition) is 0. The molecule has 0 radical (unpaired) electrons. The topological polar surface area (TPSA) is 74.2 Å². The molecule has 4 rings (SSSR count). The number of aliphatic imine (C=N–C) groups is 1. The maximum Gasteiger partial charge on any atom is 0.363 e. The molecule has 8 heteroatoms. The summed E-state index contributed by atoms with van der Waals surface area (Å²) in [6.45, 7) is 1.89. The van der Waals surface area contributed by atoms with E-state index in [0.717, 1.165) is 29.0 Å². The molecule has 6 nitrogen and oxygen atoms in total. The van der Waals surface area contributed by atoms with Crippen LogP contribution in [-0.4, -0.2) is 31.1 Å². The maximum atomic E-state index is 12.4. The average molecular weight is 653 g/mol. The van der Waals surface area contributed by atoms with Crippen LogP contribution in [0.4, 0.5) is 0 Å². The van der Waals surface area contributed by atoms with Crippen LogP contribution in [0.5, 0.6) is 5.75 Å². The Labute approximate surface area is 211 Å². The van der Waals surface area contributed by atoms with Crippen molar-refractivity contribution >= 4 is 79.9 Å². The van der Waals surface area contributed by atoms with Gasteiger partial charge in [-0.25, -0.2) is 14.6 Å². The lowest BCUT2D eigenvalue weighted by Gasteiger charge is -2.11. The minimum Gasteiger partial charge on any atom is -0.480 e. The first-order chi connectivity index (χ1) is 15.4. The molecule has 0 aromatic heterocycles. The molecule has 0 spiro atoms. The molecule has 1 aliphatic rings. The van der Waals surface area contributed by atoms with Crippen LogP contribution in [0.15, 0.2) is 65.3 Å². The van der Waals surface area contributed by atoms with Gasteiger partial charge in [-0.1, -0.05) is 30.3 Å². The number of cyclic esters (lactones) is 1. The van der Waals surface area contributed by atoms with E-state index in [-0.39, 0.29) is 18.2 Å². The second-order valence-corrected chi connectivity index (χ2v) is 9.13. The van der Waals surface area contributed by atoms with Gasteiger partial charge in [-0.2, -0.15) is 0 Å². The van der Waals surface area contributed by atoms with E-state index in [1.165, 1.54) is 0 Å². The summed E-state index contributed by atoms with van der Waals surface area (Å²) >= 11 is 4.26. The summed E-state index contributed by atoms with van der Waals surface area (Å²) in [6, 6.07) is 17.5. The van der Waals surface area contributed by atoms with Crippen molar-refractivity contribution < 1.29 is 23.8 Å². The summed E-state index contributed by atoms with van der Waals surface area (Å²) in [5.74, 6) is -0.0445. The second kappa shape index (κ2) is 9.99. The molecule has 0 N–H and O–H groups in total. The highest BCUT2D eigenvalue weighted by atomic mass is 127. The third-order valence-electron chi connectivity index (χ3n) is 4.58. The van der Waals surface area contributed by atoms with Gasteiger partial charge < -0.3 is 14.2 Å². The van der Waals surface area contributed by atoms with Crippen LogP contribution in [-0.2, 0) is 19.1 Å². The molecule has 0 saturated heterocycles. The summed E-state index contributed by atoms with van der Waals surface area (Å²) in [5, 5.41) is 2.15. The van der Waals surface area contributed by atoms with Gasteiger partial charge in [0.25, 0.3) is 0 Å². The lowest BCUT2D eigenvalue weighted by atomic mass is 10.1. The molecule has 0 saturated carbocycles. The van der Waals surface area contributed by atoms with Gasteiger partial charge in [-0.3, -0.25) is 0 Å². The van der Waals surface area contributed by atoms with Crippen molar-refractivity contribution in [3.8, 4) is 5.75 Å². The van der Waals surface area contributed by atoms with Gasteiger partial charge in [0.1, 0.15) is 5.75 Å². The summed E-state index contributed by atoms with van der Waals surface area (Å²) in [5.41, 5.74) is 1.74. The molecule has 0 aliphatic carbocycles. The van der Waals surface area contributed by atoms with Crippen LogP contribution < -0.4 is 4.74 Å². The molecule has 1 heterocycles. The Morgan fingerprint density at radius 3 is 2.50 bits per heavy atom. The number of esters is 2. The average Bonchev–Trinajstić information content (AvgIpc) is 3.13. The van der Waals surface area contributed by atoms with Crippen molar-refractivity contribution in [3.05, 3.63) is 78.6 Å². The third-order valence-corrected chi connectivity index (χ3v) is 6.18. The molecule has 0 unspecified atom stereocenters. The van der Waals surface area contributed by atoms with Gasteiger partial charge in [0.15, 0.2) is 12.3 Å². The van der Waals surface area contributed by atoms with Gasteiger partial charge in [0.05, 0.1) is 13.7 Å². The van der Waals surface area contributed by atoms with Crippen molar-refractivity contribution in [3.63, 3.8) is 0 Å². The number of benzene rings is 3. The monoisotopic (exact) mass is 653 g/mol. The van der Waals surface area contributed by atoms with E-state index < -0.39 is 11.9 Å². The number of hydrogen-bond acceptors (Lipinski definition) is 6. The zero-order chi connectivity index (χ0) is 22.7. The Bertz CT molecular complexity index is 1260. The van der Waals surface area contributed by atoms with Crippen molar-refractivity contribution in [2.24, 2.45) is 4.99 Å². The number of carbonyl (C=O) groups excluding carboxylic acids is 2. The van der Waals surface area contributed by atoms with Crippen molar-refractivity contribution in [2.75, 3.05) is 13.2 Å². The number of ether oxygens (including phenoxy) is 3. The number of halogens is 2. The molecule has 32 heavy (non-hydrogen) atoms. The Balaban J connectivity index is 1.58. The molecule has 3 aromatic carbocycles. The highest BCUT2D eigenvalue weighted by molar-refractivity contribution is 14.1. The first-order valence-electron chi connectivity index (χ1n) is 9.74. The summed E-state index contributed by atoms with van der Waals surface area (Å²) in [7, 11) is 0. The normalized spacial score (nSPS) is 14.4. The Morgan fingerprint density at radius 1 is 1.06 bits per heavy atom. The number of carbonyl (C=O) groups is 2. The highest BCUT2D eigenvalue weighted by Gasteiger charge is 2.24. The minimum absolute atomic E-state index is 0.161. The summed E-state index contributed by atoms with van der Waals surface area (Å²) < 4.78 is 17.5. The van der Waals surface area contributed by atoms with E-state index in [1.54, 1.807) is 13.0 Å². The van der Waals surface area contributed by atoms with E-state index in [9.17, 15) is 9.59 Å². The van der Waals surface area contributed by atoms with Crippen molar-refractivity contribution in [2.45, 2.75) is 6.92 Å². The molecular formula is C24H17I2NO5. The van der Waals surface area contributed by atoms with Crippen LogP contribution in [0, 0.1) is 7.14 Å². The van der Waals surface area contributed by atoms with Gasteiger partial charge in [-0.15, -0.1) is 0 Å². The van der Waals surface area contributed by atoms with E-state index in [0.29, 0.717) is 12.4 Å². The lowest BCUT2D eigenvalue weighted by Crippen LogP contribution is -2.15. The fourth-order valence-electron chi connectivity index (χ4n) is 3.15. The molecule has 0 atom stereocenters. The first-order valence-corrected chi connectivity index (χ1v) is 11.9. The standard InChI is InChI=1S/C24H17I2NO5/c1-2-30-21(28)13-31-22-18(25)9-14(10-19(22)26)11-20-24(29)32-23(27-20)17-8-7-15-5-3-4-6-16(15)12-17/h3-12H,2,13H2,1H3/b20-11-. The second-order valence-electron chi connectivity index (χ2n) is 6.81. The molecule has 162 valence electrons. The van der Waals surface area contributed by atoms with Crippen molar-refractivity contribution in [1.82, 2.24) is 0 Å². The molecular weight excluding hydrogens is 636 g/mol. The number of fused-ring (bicyclic) bond motifs is 1. The largest absolute Gasteiger partial charge is 0.480 e. The molecule has 0 fully saturated rings. The highest BCUT2D eigenvalue weighted by Crippen LogP contribution is 2.31. The van der Waals surface area contributed by atoms with Crippen LogP contribution >= 0.6 is 45.2 Å². The van der Waals surface area contributed by atoms with Gasteiger partial charge in [0, 0.05) is 5.56 Å². The Hall–Kier alpha value is -2.47. The quantitative estimate of drug-likeness (QED) is 0.204. The van der Waals surface area contributed by atoms with Crippen molar-refractivity contribution in [1.29, 1.82) is 0 Å². The van der Waals surface area contributed by atoms with E-state index in [2.05, 4.69) is 50.2 Å². The molecule has 0 bridgehead atoms. The van der Waals surface area contributed by atoms with Crippen LogP contribution in [0.2, 0.25) is 0 Å². The fourth-order valence-corrected chi connectivity index (χ4v) is 5.28. The molecule has 1 aliphatic heterocycles. The SMILES string of the molecule is CCOC(=O)COc1c(I)cc(/C=C2\N=C(c3ccc4ccccc4c3)OC2=O)cc1I. The van der Waals surface area contributed by atoms with Crippen LogP contribution in [0.1, 0.15) is 18.1 Å². The fraction of sp³-hybridized carbons (Fsp3) is 0.125. The summed E-state index contributed by atoms with van der Waals surface area (Å²) in [4.78, 5) is 28.4. The van der Waals surface area contributed by atoms with Gasteiger partial charge in [0.2, 0.25) is 5.90 Å². The summed E-state index contributed by atoms with van der Waals surface area (Å²) in [6.07, 6.45) is 1.68. The van der Waals surface area contributed by atoms with Gasteiger partial charge >= 0.3 is 11.9 Å². The molecule has 0 amide bonds. The third kappa shape index (κ3) is 5.12. The maximum absolute atomic E-state index is 12.4. The zero-order valence-electron chi connectivity index (χ0n) is 16.9. The number of nitrogens with zero attached hydrogens (tertiary/aromatic N) is 1. The first kappa shape index (κ1) is 22.7. The zero-order valence-corrected chi connectivity index (χ0v) is 21.2. The Morgan fingerprint density at radius 2 is 1.78 bits per heavy atom. The van der Waals surface area contributed by atoms with E-state index in [1.807, 2.05) is 54.6 Å². The van der Waals surface area contributed by atoms with Gasteiger partial charge in [-0.05, 0) is 98.8 Å². The van der Waals surface area contributed by atoms with Crippen LogP contribution in [0.3, 0.4) is 0 Å². The van der Waals surface area contributed by atoms with Crippen LogP contribution in [0.25, 0.3) is 16.8 Å². The predicted octanol–water partition coefficient (Wildman–Crippen LogP) is 5.34. The van der Waals surface area contributed by atoms with E-state index >= 15 is 0 Å². The minimum atomic E-state index is -0.499. The molecule has 3 aromatic rings. The smallest absolute Gasteiger partial charge is 0.363 e. The predicted molar refractivity (Wildman–Crippen MR) is 139 cm³/mol. The lowest BCUT2D eigenvalue weighted by molar-refractivity contribution is -0.145. The Kier molecular flexibility index (Phi) is 7.09.